The summed E-state index contributed by atoms with van der Waals surface area (Å²) in [7, 11) is 1.60. The lowest BCUT2D eigenvalue weighted by molar-refractivity contribution is -0.154. The van der Waals surface area contributed by atoms with Crippen molar-refractivity contribution in [2.45, 2.75) is 31.0 Å². The summed E-state index contributed by atoms with van der Waals surface area (Å²) < 4.78 is 44.2. The number of hydroxylamine groups is 2. The van der Waals surface area contributed by atoms with Crippen LogP contribution >= 0.6 is 11.6 Å². The third kappa shape index (κ3) is 5.33. The normalized spacial score (nSPS) is 17.9. The third-order valence-corrected chi connectivity index (χ3v) is 5.94. The zero-order valence-electron chi connectivity index (χ0n) is 17.6. The van der Waals surface area contributed by atoms with Gasteiger partial charge in [0.05, 0.1) is 23.4 Å². The smallest absolute Gasteiger partial charge is 0.430 e. The minimum Gasteiger partial charge on any atom is -0.497 e. The fourth-order valence-electron chi connectivity index (χ4n) is 3.81. The van der Waals surface area contributed by atoms with E-state index in [9.17, 15) is 18.0 Å². The van der Waals surface area contributed by atoms with E-state index in [-0.39, 0.29) is 5.69 Å². The van der Waals surface area contributed by atoms with E-state index in [4.69, 9.17) is 26.0 Å². The van der Waals surface area contributed by atoms with E-state index < -0.39 is 28.5 Å². The molecule has 0 aromatic heterocycles. The number of anilines is 1. The fourth-order valence-corrected chi connectivity index (χ4v) is 4.03. The highest BCUT2D eigenvalue weighted by Gasteiger charge is 2.43. The molecule has 0 unspecified atom stereocenters. The Morgan fingerprint density at radius 3 is 2.67 bits per heavy atom. The van der Waals surface area contributed by atoms with Crippen molar-refractivity contribution < 1.29 is 32.4 Å². The van der Waals surface area contributed by atoms with Crippen molar-refractivity contribution in [2.24, 2.45) is 5.16 Å². The number of benzene rings is 2. The van der Waals surface area contributed by atoms with Crippen molar-refractivity contribution >= 4 is 29.1 Å². The summed E-state index contributed by atoms with van der Waals surface area (Å²) in [6, 6.07) is 10.7. The Balaban J connectivity index is 1.30. The maximum atomic E-state index is 13.0. The molecule has 0 atom stereocenters. The maximum Gasteiger partial charge on any atom is 0.430 e. The van der Waals surface area contributed by atoms with Gasteiger partial charge >= 0.3 is 12.3 Å². The molecule has 4 rings (SSSR count). The van der Waals surface area contributed by atoms with Gasteiger partial charge in [0.15, 0.2) is 0 Å². The molecule has 7 nitrogen and oxygen atoms in total. The van der Waals surface area contributed by atoms with E-state index >= 15 is 0 Å². The summed E-state index contributed by atoms with van der Waals surface area (Å²) in [6.45, 7) is 0.783. The first-order chi connectivity index (χ1) is 15.7. The van der Waals surface area contributed by atoms with Gasteiger partial charge in [0.1, 0.15) is 11.4 Å². The topological polar surface area (TPSA) is 72.4 Å². The summed E-state index contributed by atoms with van der Waals surface area (Å²) >= 11 is 5.60. The predicted octanol–water partition coefficient (Wildman–Crippen LogP) is 5.49. The monoisotopic (exact) mass is 483 g/mol. The zero-order chi connectivity index (χ0) is 23.6. The number of methoxy groups -OCH3 is 1. The van der Waals surface area contributed by atoms with Crippen LogP contribution in [0.3, 0.4) is 0 Å². The standard InChI is InChI=1S/C22H21ClF3N3O4/c1-31-16-4-2-3-14(11-16)19-13-21(33-28-19)7-9-29(10-8-21)32-20(30)27-15-5-6-18(23)17(12-15)22(24,25)26/h2-6,11-12H,7-10,13H2,1H3,(H,27,30). The lowest BCUT2D eigenvalue weighted by Gasteiger charge is -2.35. The second-order valence-corrected chi connectivity index (χ2v) is 8.25. The average Bonchev–Trinajstić information content (AvgIpc) is 3.20. The molecule has 1 amide bonds. The van der Waals surface area contributed by atoms with Crippen molar-refractivity contribution in [2.75, 3.05) is 25.5 Å². The van der Waals surface area contributed by atoms with Gasteiger partial charge in [-0.1, -0.05) is 28.9 Å². The fraction of sp³-hybridized carbons (Fsp3) is 0.364. The average molecular weight is 484 g/mol. The first-order valence-electron chi connectivity index (χ1n) is 10.2. The quantitative estimate of drug-likeness (QED) is 0.622. The second-order valence-electron chi connectivity index (χ2n) is 7.85. The van der Waals surface area contributed by atoms with Crippen molar-refractivity contribution in [3.8, 4) is 5.75 Å². The van der Waals surface area contributed by atoms with Gasteiger partial charge in [-0.3, -0.25) is 5.32 Å². The molecule has 2 aromatic carbocycles. The molecule has 0 aliphatic carbocycles. The predicted molar refractivity (Wildman–Crippen MR) is 115 cm³/mol. The molecule has 2 aliphatic heterocycles. The van der Waals surface area contributed by atoms with E-state index in [0.29, 0.717) is 32.4 Å². The van der Waals surface area contributed by atoms with Crippen LogP contribution in [0.15, 0.2) is 47.6 Å². The Labute approximate surface area is 193 Å². The van der Waals surface area contributed by atoms with Gasteiger partial charge in [0.25, 0.3) is 0 Å². The highest BCUT2D eigenvalue weighted by Crippen LogP contribution is 2.37. The van der Waals surface area contributed by atoms with Crippen molar-refractivity contribution in [3.63, 3.8) is 0 Å². The Hall–Kier alpha value is -2.98. The number of alkyl halides is 3. The van der Waals surface area contributed by atoms with Crippen LogP contribution < -0.4 is 10.1 Å². The van der Waals surface area contributed by atoms with Crippen molar-refractivity contribution in [1.29, 1.82) is 0 Å². The molecule has 11 heteroatoms. The molecule has 2 aliphatic rings. The number of nitrogens with zero attached hydrogens (tertiary/aromatic N) is 2. The van der Waals surface area contributed by atoms with Gasteiger partial charge in [0.2, 0.25) is 0 Å². The van der Waals surface area contributed by atoms with Gasteiger partial charge in [-0.15, -0.1) is 5.06 Å². The molecule has 0 saturated carbocycles. The molecular weight excluding hydrogens is 463 g/mol. The molecule has 176 valence electrons. The van der Waals surface area contributed by atoms with Crippen LogP contribution in [0.1, 0.15) is 30.4 Å². The molecule has 2 heterocycles. The van der Waals surface area contributed by atoms with E-state index in [2.05, 4.69) is 10.5 Å². The van der Waals surface area contributed by atoms with Crippen LogP contribution in [0.4, 0.5) is 23.7 Å². The molecule has 0 bridgehead atoms. The zero-order valence-corrected chi connectivity index (χ0v) is 18.4. The minimum absolute atomic E-state index is 0.0688. The summed E-state index contributed by atoms with van der Waals surface area (Å²) in [5.41, 5.74) is 0.162. The van der Waals surface area contributed by atoms with E-state index in [1.54, 1.807) is 7.11 Å². The number of piperidine rings is 1. The number of carbonyl (C=O) groups is 1. The lowest BCUT2D eigenvalue weighted by Crippen LogP contribution is -2.45. The van der Waals surface area contributed by atoms with Crippen LogP contribution in [0.25, 0.3) is 0 Å². The van der Waals surface area contributed by atoms with Crippen LogP contribution in [-0.2, 0) is 15.9 Å². The summed E-state index contributed by atoms with van der Waals surface area (Å²) in [4.78, 5) is 23.2. The van der Waals surface area contributed by atoms with Gasteiger partial charge < -0.3 is 14.4 Å². The first kappa shape index (κ1) is 23.2. The summed E-state index contributed by atoms with van der Waals surface area (Å²) in [6.07, 6.45) is -3.77. The number of hydrogen-bond acceptors (Lipinski definition) is 6. The van der Waals surface area contributed by atoms with Gasteiger partial charge in [-0.05, 0) is 30.3 Å². The molecule has 33 heavy (non-hydrogen) atoms. The van der Waals surface area contributed by atoms with Gasteiger partial charge in [0, 0.05) is 43.6 Å². The number of halogens is 4. The first-order valence-corrected chi connectivity index (χ1v) is 10.6. The molecule has 0 radical (unpaired) electrons. The number of rotatable bonds is 4. The Bertz CT molecular complexity index is 1070. The molecular formula is C22H21ClF3N3O4. The molecule has 1 fully saturated rings. The van der Waals surface area contributed by atoms with E-state index in [1.165, 1.54) is 11.1 Å². The second kappa shape index (κ2) is 9.11. The molecule has 1 saturated heterocycles. The number of hydrogen-bond donors (Lipinski definition) is 1. The number of amides is 1. The number of nitrogens with one attached hydrogen (secondary N) is 1. The number of oxime groups is 1. The Morgan fingerprint density at radius 2 is 1.97 bits per heavy atom. The SMILES string of the molecule is COc1cccc(C2=NOC3(CCN(OC(=O)Nc4ccc(Cl)c(C(F)(F)F)c4)CC3)C2)c1. The summed E-state index contributed by atoms with van der Waals surface area (Å²) in [5.74, 6) is 0.730. The van der Waals surface area contributed by atoms with E-state index in [0.717, 1.165) is 29.2 Å². The highest BCUT2D eigenvalue weighted by molar-refractivity contribution is 6.31. The summed E-state index contributed by atoms with van der Waals surface area (Å²) in [5, 5.41) is 7.56. The lowest BCUT2D eigenvalue weighted by atomic mass is 9.86. The van der Waals surface area contributed by atoms with Gasteiger partial charge in [-0.25, -0.2) is 4.79 Å². The molecule has 2 aromatic rings. The number of ether oxygens (including phenoxy) is 1. The van der Waals surface area contributed by atoms with Gasteiger partial charge in [-0.2, -0.15) is 13.2 Å². The van der Waals surface area contributed by atoms with Crippen molar-refractivity contribution in [3.05, 3.63) is 58.6 Å². The number of carbonyl (C=O) groups excluding carboxylic acids is 1. The highest BCUT2D eigenvalue weighted by atomic mass is 35.5. The molecule has 1 spiro atoms. The third-order valence-electron chi connectivity index (χ3n) is 5.61. The van der Waals surface area contributed by atoms with Crippen molar-refractivity contribution in [1.82, 2.24) is 5.06 Å². The minimum atomic E-state index is -4.63. The van der Waals surface area contributed by atoms with Crippen LogP contribution in [0.5, 0.6) is 5.75 Å². The van der Waals surface area contributed by atoms with Crippen LogP contribution in [0, 0.1) is 0 Å². The molecule has 1 N–H and O–H groups in total. The van der Waals surface area contributed by atoms with Crippen LogP contribution in [-0.4, -0.2) is 42.7 Å². The Morgan fingerprint density at radius 1 is 1.21 bits per heavy atom. The van der Waals surface area contributed by atoms with E-state index in [1.807, 2.05) is 24.3 Å². The Kier molecular flexibility index (Phi) is 6.40. The largest absolute Gasteiger partial charge is 0.497 e. The van der Waals surface area contributed by atoms with Crippen LogP contribution in [0.2, 0.25) is 5.02 Å². The maximum absolute atomic E-state index is 13.0.